The molecular weight excluding hydrogens is 288 g/mol. The second-order valence-electron chi connectivity index (χ2n) is 5.70. The molecule has 0 radical (unpaired) electrons. The number of nitrogens with two attached hydrogens (primary N) is 1. The van der Waals surface area contributed by atoms with Crippen LogP contribution in [-0.2, 0) is 4.74 Å². The van der Waals surface area contributed by atoms with Gasteiger partial charge in [0.05, 0.1) is 12.1 Å². The second-order valence-corrected chi connectivity index (χ2v) is 6.68. The lowest BCUT2D eigenvalue weighted by molar-refractivity contribution is 0.0870. The normalized spacial score (nSPS) is 26.0. The molecule has 2 unspecified atom stereocenters. The van der Waals surface area contributed by atoms with E-state index >= 15 is 0 Å². The van der Waals surface area contributed by atoms with E-state index in [1.807, 2.05) is 6.92 Å². The number of thiazole rings is 1. The molecule has 0 aromatic carbocycles. The van der Waals surface area contributed by atoms with E-state index in [2.05, 4.69) is 15.2 Å². The minimum atomic E-state index is -0.129. The number of anilines is 2. The molecule has 1 aromatic rings. The lowest BCUT2D eigenvalue weighted by atomic mass is 10.1. The maximum atomic E-state index is 12.4. The van der Waals surface area contributed by atoms with Crippen LogP contribution < -0.4 is 16.0 Å². The molecule has 1 aromatic heterocycles. The summed E-state index contributed by atoms with van der Waals surface area (Å²) >= 11 is 1.40. The van der Waals surface area contributed by atoms with Gasteiger partial charge in [-0.15, -0.1) is 0 Å². The smallest absolute Gasteiger partial charge is 0.265 e. The van der Waals surface area contributed by atoms with E-state index in [1.54, 1.807) is 0 Å². The molecule has 2 atom stereocenters. The fourth-order valence-corrected chi connectivity index (χ4v) is 3.80. The van der Waals surface area contributed by atoms with Crippen LogP contribution in [0.15, 0.2) is 0 Å². The van der Waals surface area contributed by atoms with Crippen LogP contribution in [0.4, 0.5) is 10.9 Å². The zero-order chi connectivity index (χ0) is 14.8. The number of rotatable bonds is 3. The molecule has 3 rings (SSSR count). The molecule has 2 aliphatic rings. The number of amides is 1. The number of carbonyl (C=O) groups is 1. The summed E-state index contributed by atoms with van der Waals surface area (Å²) in [6.07, 6.45) is 4.54. The van der Waals surface area contributed by atoms with E-state index in [-0.39, 0.29) is 18.1 Å². The molecule has 0 aliphatic carbocycles. The van der Waals surface area contributed by atoms with Crippen LogP contribution in [-0.4, -0.2) is 42.7 Å². The van der Waals surface area contributed by atoms with E-state index < -0.39 is 0 Å². The maximum absolute atomic E-state index is 12.4. The number of hydrogen-bond acceptors (Lipinski definition) is 6. The van der Waals surface area contributed by atoms with Gasteiger partial charge in [-0.1, -0.05) is 11.3 Å². The first kappa shape index (κ1) is 14.6. The molecule has 0 saturated carbocycles. The van der Waals surface area contributed by atoms with Crippen molar-refractivity contribution in [2.24, 2.45) is 0 Å². The molecule has 116 valence electrons. The highest BCUT2D eigenvalue weighted by Crippen LogP contribution is 2.30. The Morgan fingerprint density at radius 3 is 2.86 bits per heavy atom. The summed E-state index contributed by atoms with van der Waals surface area (Å²) in [4.78, 5) is 19.5. The number of nitrogen functional groups attached to an aromatic ring is 1. The topological polar surface area (TPSA) is 80.5 Å². The van der Waals surface area contributed by atoms with Crippen molar-refractivity contribution in [1.82, 2.24) is 10.3 Å². The van der Waals surface area contributed by atoms with Crippen molar-refractivity contribution in [3.05, 3.63) is 4.88 Å². The molecular formula is C14H22N4O2S. The van der Waals surface area contributed by atoms with Crippen LogP contribution in [0.1, 0.15) is 42.3 Å². The molecule has 7 heteroatoms. The average molecular weight is 310 g/mol. The second kappa shape index (κ2) is 6.19. The first-order valence-corrected chi connectivity index (χ1v) is 8.40. The molecule has 2 aliphatic heterocycles. The predicted octanol–water partition coefficient (Wildman–Crippen LogP) is 1.62. The molecule has 3 N–H and O–H groups in total. The Balaban J connectivity index is 1.69. The largest absolute Gasteiger partial charge is 0.382 e. The highest BCUT2D eigenvalue weighted by Gasteiger charge is 2.28. The van der Waals surface area contributed by atoms with Gasteiger partial charge in [0, 0.05) is 19.7 Å². The third-order valence-corrected chi connectivity index (χ3v) is 5.30. The van der Waals surface area contributed by atoms with Gasteiger partial charge in [0.15, 0.2) is 5.13 Å². The zero-order valence-corrected chi connectivity index (χ0v) is 13.1. The number of piperidine rings is 1. The van der Waals surface area contributed by atoms with E-state index in [1.165, 1.54) is 30.6 Å². The standard InChI is InChI=1S/C14H22N4O2S/c1-9-10(5-8-20-9)16-13(19)11-12(15)17-14(21-11)18-6-3-2-4-7-18/h9-10H,2-8,15H2,1H3,(H,16,19). The third-order valence-electron chi connectivity index (χ3n) is 4.17. The van der Waals surface area contributed by atoms with Crippen molar-refractivity contribution in [2.75, 3.05) is 30.3 Å². The molecule has 2 fully saturated rings. The molecule has 6 nitrogen and oxygen atoms in total. The van der Waals surface area contributed by atoms with E-state index in [4.69, 9.17) is 10.5 Å². The molecule has 0 spiro atoms. The first-order valence-electron chi connectivity index (χ1n) is 7.59. The van der Waals surface area contributed by atoms with E-state index in [0.29, 0.717) is 17.3 Å². The van der Waals surface area contributed by atoms with Crippen molar-refractivity contribution < 1.29 is 9.53 Å². The predicted molar refractivity (Wildman–Crippen MR) is 83.9 cm³/mol. The fraction of sp³-hybridized carbons (Fsp3) is 0.714. The highest BCUT2D eigenvalue weighted by atomic mass is 32.1. The Hall–Kier alpha value is -1.34. The zero-order valence-electron chi connectivity index (χ0n) is 12.3. The van der Waals surface area contributed by atoms with Crippen LogP contribution in [0, 0.1) is 0 Å². The Labute approximate surface area is 128 Å². The van der Waals surface area contributed by atoms with Crippen molar-refractivity contribution in [1.29, 1.82) is 0 Å². The van der Waals surface area contributed by atoms with Gasteiger partial charge in [0.1, 0.15) is 10.7 Å². The van der Waals surface area contributed by atoms with Crippen LogP contribution >= 0.6 is 11.3 Å². The number of nitrogens with zero attached hydrogens (tertiary/aromatic N) is 2. The Kier molecular flexibility index (Phi) is 4.30. The van der Waals surface area contributed by atoms with Crippen molar-refractivity contribution in [3.8, 4) is 0 Å². The Morgan fingerprint density at radius 1 is 1.43 bits per heavy atom. The van der Waals surface area contributed by atoms with Crippen molar-refractivity contribution in [2.45, 2.75) is 44.8 Å². The van der Waals surface area contributed by atoms with Crippen LogP contribution in [0.2, 0.25) is 0 Å². The Bertz CT molecular complexity index is 513. The number of ether oxygens (including phenoxy) is 1. The van der Waals surface area contributed by atoms with Crippen molar-refractivity contribution in [3.63, 3.8) is 0 Å². The minimum Gasteiger partial charge on any atom is -0.382 e. The lowest BCUT2D eigenvalue weighted by Crippen LogP contribution is -2.39. The summed E-state index contributed by atoms with van der Waals surface area (Å²) in [6.45, 7) is 4.68. The van der Waals surface area contributed by atoms with Gasteiger partial charge in [0.25, 0.3) is 5.91 Å². The van der Waals surface area contributed by atoms with Gasteiger partial charge < -0.3 is 20.7 Å². The maximum Gasteiger partial charge on any atom is 0.265 e. The third kappa shape index (κ3) is 3.13. The summed E-state index contributed by atoms with van der Waals surface area (Å²) in [5.74, 6) is 0.209. The summed E-state index contributed by atoms with van der Waals surface area (Å²) < 4.78 is 5.47. The monoisotopic (exact) mass is 310 g/mol. The van der Waals surface area contributed by atoms with Gasteiger partial charge in [-0.05, 0) is 32.6 Å². The summed E-state index contributed by atoms with van der Waals surface area (Å²) in [6, 6.07) is 0.0671. The number of carbonyl (C=O) groups excluding carboxylic acids is 1. The summed E-state index contributed by atoms with van der Waals surface area (Å²) in [5.41, 5.74) is 5.94. The van der Waals surface area contributed by atoms with Crippen LogP contribution in [0.25, 0.3) is 0 Å². The minimum absolute atomic E-state index is 0.0599. The summed E-state index contributed by atoms with van der Waals surface area (Å²) in [5, 5.41) is 3.88. The van der Waals surface area contributed by atoms with Gasteiger partial charge in [-0.25, -0.2) is 4.98 Å². The van der Waals surface area contributed by atoms with Gasteiger partial charge in [-0.3, -0.25) is 4.79 Å². The van der Waals surface area contributed by atoms with Crippen molar-refractivity contribution >= 4 is 28.2 Å². The first-order chi connectivity index (χ1) is 10.1. The SMILES string of the molecule is CC1OCCC1NC(=O)c1sc(N2CCCCC2)nc1N. The molecule has 21 heavy (non-hydrogen) atoms. The van der Waals surface area contributed by atoms with E-state index in [9.17, 15) is 4.79 Å². The van der Waals surface area contributed by atoms with Gasteiger partial charge in [-0.2, -0.15) is 0 Å². The highest BCUT2D eigenvalue weighted by molar-refractivity contribution is 7.18. The van der Waals surface area contributed by atoms with E-state index in [0.717, 1.165) is 24.6 Å². The molecule has 3 heterocycles. The molecule has 0 bridgehead atoms. The fourth-order valence-electron chi connectivity index (χ4n) is 2.86. The van der Waals surface area contributed by atoms with Crippen LogP contribution in [0.3, 0.4) is 0 Å². The lowest BCUT2D eigenvalue weighted by Gasteiger charge is -2.25. The quantitative estimate of drug-likeness (QED) is 0.887. The molecule has 1 amide bonds. The average Bonchev–Trinajstić information content (AvgIpc) is 3.06. The summed E-state index contributed by atoms with van der Waals surface area (Å²) in [7, 11) is 0. The number of aromatic nitrogens is 1. The van der Waals surface area contributed by atoms with Gasteiger partial charge in [0.2, 0.25) is 0 Å². The van der Waals surface area contributed by atoms with Gasteiger partial charge >= 0.3 is 0 Å². The molecule has 2 saturated heterocycles. The van der Waals surface area contributed by atoms with Crippen LogP contribution in [0.5, 0.6) is 0 Å². The number of nitrogens with one attached hydrogen (secondary N) is 1. The Morgan fingerprint density at radius 2 is 2.19 bits per heavy atom. The number of hydrogen-bond donors (Lipinski definition) is 2.